The molecule has 1 heterocycles. The Bertz CT molecular complexity index is 885. The number of nitrogens with zero attached hydrogens (tertiary/aromatic N) is 1. The molecular formula is C20H15NO8. The number of rotatable bonds is 5. The zero-order valence-corrected chi connectivity index (χ0v) is 15.1. The highest BCUT2D eigenvalue weighted by Gasteiger charge is 2.55. The van der Waals surface area contributed by atoms with Crippen molar-refractivity contribution in [3.8, 4) is 0 Å². The van der Waals surface area contributed by atoms with Crippen LogP contribution in [0.3, 0.4) is 0 Å². The smallest absolute Gasteiger partial charge is 0.339 e. The first-order valence-corrected chi connectivity index (χ1v) is 8.47. The number of ether oxygens (including phenoxy) is 2. The SMILES string of the molecule is CC(=O)ON1C(=O)C(OC(=O)c2ccccc2)C(OC(=O)c2ccccc2)C1=O. The summed E-state index contributed by atoms with van der Waals surface area (Å²) in [6, 6.07) is 15.4. The Labute approximate surface area is 164 Å². The Morgan fingerprint density at radius 1 is 0.724 bits per heavy atom. The summed E-state index contributed by atoms with van der Waals surface area (Å²) in [5, 5.41) is 0.133. The van der Waals surface area contributed by atoms with E-state index in [4.69, 9.17) is 9.47 Å². The predicted molar refractivity (Wildman–Crippen MR) is 94.9 cm³/mol. The molecule has 9 heteroatoms. The number of carbonyl (C=O) groups excluding carboxylic acids is 5. The first-order chi connectivity index (χ1) is 13.9. The van der Waals surface area contributed by atoms with Gasteiger partial charge in [-0.1, -0.05) is 41.5 Å². The molecule has 0 N–H and O–H groups in total. The van der Waals surface area contributed by atoms with Gasteiger partial charge in [0.2, 0.25) is 12.2 Å². The topological polar surface area (TPSA) is 116 Å². The molecule has 0 saturated carbocycles. The van der Waals surface area contributed by atoms with E-state index < -0.39 is 41.9 Å². The molecule has 3 rings (SSSR count). The van der Waals surface area contributed by atoms with E-state index in [0.717, 1.165) is 6.92 Å². The minimum Gasteiger partial charge on any atom is -0.444 e. The van der Waals surface area contributed by atoms with E-state index in [1.807, 2.05) is 0 Å². The van der Waals surface area contributed by atoms with Crippen LogP contribution in [0, 0.1) is 0 Å². The molecule has 2 amide bonds. The van der Waals surface area contributed by atoms with E-state index in [9.17, 15) is 24.0 Å². The molecule has 2 aromatic carbocycles. The number of hydroxylamine groups is 2. The van der Waals surface area contributed by atoms with Crippen molar-refractivity contribution in [3.05, 3.63) is 71.8 Å². The van der Waals surface area contributed by atoms with E-state index in [2.05, 4.69) is 4.84 Å². The number of benzene rings is 2. The summed E-state index contributed by atoms with van der Waals surface area (Å²) >= 11 is 0. The van der Waals surface area contributed by atoms with Crippen molar-refractivity contribution in [3.63, 3.8) is 0 Å². The first-order valence-electron chi connectivity index (χ1n) is 8.47. The molecule has 0 spiro atoms. The predicted octanol–water partition coefficient (Wildman–Crippen LogP) is 1.28. The number of esters is 2. The normalized spacial score (nSPS) is 18.3. The van der Waals surface area contributed by atoms with Gasteiger partial charge in [-0.3, -0.25) is 9.59 Å². The second kappa shape index (κ2) is 8.34. The summed E-state index contributed by atoms with van der Waals surface area (Å²) in [7, 11) is 0. The summed E-state index contributed by atoms with van der Waals surface area (Å²) < 4.78 is 10.2. The lowest BCUT2D eigenvalue weighted by molar-refractivity contribution is -0.198. The van der Waals surface area contributed by atoms with Gasteiger partial charge in [-0.15, -0.1) is 0 Å². The fourth-order valence-corrected chi connectivity index (χ4v) is 2.56. The molecule has 0 bridgehead atoms. The van der Waals surface area contributed by atoms with Crippen molar-refractivity contribution in [1.29, 1.82) is 0 Å². The number of hydrogen-bond donors (Lipinski definition) is 0. The molecule has 0 radical (unpaired) electrons. The maximum atomic E-state index is 12.5. The molecule has 1 aliphatic heterocycles. The highest BCUT2D eigenvalue weighted by molar-refractivity contribution is 6.10. The molecule has 2 aromatic rings. The van der Waals surface area contributed by atoms with Crippen LogP contribution in [-0.4, -0.2) is 47.0 Å². The molecule has 2 atom stereocenters. The average Bonchev–Trinajstić information content (AvgIpc) is 2.93. The van der Waals surface area contributed by atoms with Gasteiger partial charge in [0.15, 0.2) is 0 Å². The standard InChI is InChI=1S/C20H15NO8/c1-12(22)29-21-17(23)15(27-19(25)13-8-4-2-5-9-13)16(18(21)24)28-20(26)14-10-6-3-7-11-14/h2-11,15-16H,1H3. The molecule has 0 aromatic heterocycles. The van der Waals surface area contributed by atoms with Gasteiger partial charge >= 0.3 is 29.7 Å². The molecule has 1 aliphatic rings. The lowest BCUT2D eigenvalue weighted by Gasteiger charge is -2.16. The second-order valence-corrected chi connectivity index (χ2v) is 5.94. The van der Waals surface area contributed by atoms with E-state index in [0.29, 0.717) is 0 Å². The molecule has 148 valence electrons. The molecule has 0 aliphatic carbocycles. The van der Waals surface area contributed by atoms with Crippen molar-refractivity contribution in [1.82, 2.24) is 5.06 Å². The van der Waals surface area contributed by atoms with Crippen LogP contribution in [0.25, 0.3) is 0 Å². The van der Waals surface area contributed by atoms with Crippen molar-refractivity contribution in [2.45, 2.75) is 19.1 Å². The monoisotopic (exact) mass is 397 g/mol. The van der Waals surface area contributed by atoms with Crippen LogP contribution in [0.15, 0.2) is 60.7 Å². The highest BCUT2D eigenvalue weighted by atomic mass is 16.7. The summed E-state index contributed by atoms with van der Waals surface area (Å²) in [6.07, 6.45) is -3.61. The van der Waals surface area contributed by atoms with Crippen LogP contribution >= 0.6 is 0 Å². The van der Waals surface area contributed by atoms with Crippen LogP contribution in [-0.2, 0) is 28.7 Å². The van der Waals surface area contributed by atoms with Gasteiger partial charge in [0, 0.05) is 6.92 Å². The molecule has 1 saturated heterocycles. The zero-order chi connectivity index (χ0) is 21.0. The quantitative estimate of drug-likeness (QED) is 0.547. The second-order valence-electron chi connectivity index (χ2n) is 5.94. The van der Waals surface area contributed by atoms with Crippen molar-refractivity contribution in [2.75, 3.05) is 0 Å². The van der Waals surface area contributed by atoms with Crippen LogP contribution in [0.2, 0.25) is 0 Å². The van der Waals surface area contributed by atoms with Gasteiger partial charge in [-0.25, -0.2) is 14.4 Å². The lowest BCUT2D eigenvalue weighted by atomic mass is 10.2. The Hall–Kier alpha value is -4.01. The van der Waals surface area contributed by atoms with Gasteiger partial charge < -0.3 is 14.3 Å². The average molecular weight is 397 g/mol. The Morgan fingerprint density at radius 2 is 1.10 bits per heavy atom. The van der Waals surface area contributed by atoms with Crippen molar-refractivity contribution in [2.24, 2.45) is 0 Å². The Balaban J connectivity index is 1.85. The van der Waals surface area contributed by atoms with Gasteiger partial charge in [0.1, 0.15) is 0 Å². The fourth-order valence-electron chi connectivity index (χ4n) is 2.56. The van der Waals surface area contributed by atoms with Crippen LogP contribution in [0.1, 0.15) is 27.6 Å². The third-order valence-electron chi connectivity index (χ3n) is 3.87. The number of hydrogen-bond acceptors (Lipinski definition) is 8. The summed E-state index contributed by atoms with van der Waals surface area (Å²) in [5.41, 5.74) is 0.235. The Kier molecular flexibility index (Phi) is 5.68. The molecular weight excluding hydrogens is 382 g/mol. The number of carbonyl (C=O) groups is 5. The largest absolute Gasteiger partial charge is 0.444 e. The number of amides is 2. The molecule has 1 fully saturated rings. The Morgan fingerprint density at radius 3 is 1.45 bits per heavy atom. The van der Waals surface area contributed by atoms with E-state index in [-0.39, 0.29) is 16.2 Å². The van der Waals surface area contributed by atoms with Crippen LogP contribution < -0.4 is 0 Å². The third kappa shape index (κ3) is 4.29. The summed E-state index contributed by atoms with van der Waals surface area (Å²) in [5.74, 6) is -5.06. The van der Waals surface area contributed by atoms with E-state index in [1.165, 1.54) is 24.3 Å². The third-order valence-corrected chi connectivity index (χ3v) is 3.87. The maximum Gasteiger partial charge on any atom is 0.339 e. The van der Waals surface area contributed by atoms with Crippen molar-refractivity contribution >= 4 is 29.7 Å². The number of imide groups is 1. The van der Waals surface area contributed by atoms with Crippen LogP contribution in [0.4, 0.5) is 0 Å². The lowest BCUT2D eigenvalue weighted by Crippen LogP contribution is -2.37. The van der Waals surface area contributed by atoms with Gasteiger partial charge in [-0.05, 0) is 24.3 Å². The highest BCUT2D eigenvalue weighted by Crippen LogP contribution is 2.23. The van der Waals surface area contributed by atoms with E-state index >= 15 is 0 Å². The summed E-state index contributed by atoms with van der Waals surface area (Å²) in [6.45, 7) is 0.981. The molecule has 9 nitrogen and oxygen atoms in total. The maximum absolute atomic E-state index is 12.5. The molecule has 2 unspecified atom stereocenters. The van der Waals surface area contributed by atoms with Crippen molar-refractivity contribution < 1.29 is 38.3 Å². The fraction of sp³-hybridized carbons (Fsp3) is 0.150. The zero-order valence-electron chi connectivity index (χ0n) is 15.1. The minimum atomic E-state index is -1.80. The van der Waals surface area contributed by atoms with Gasteiger partial charge in [-0.2, -0.15) is 0 Å². The van der Waals surface area contributed by atoms with E-state index in [1.54, 1.807) is 36.4 Å². The summed E-state index contributed by atoms with van der Waals surface area (Å²) in [4.78, 5) is 65.5. The van der Waals surface area contributed by atoms with Gasteiger partial charge in [0.05, 0.1) is 11.1 Å². The van der Waals surface area contributed by atoms with Crippen LogP contribution in [0.5, 0.6) is 0 Å². The van der Waals surface area contributed by atoms with Gasteiger partial charge in [0.25, 0.3) is 0 Å². The molecule has 29 heavy (non-hydrogen) atoms. The minimum absolute atomic E-state index is 0.117. The first kappa shape index (κ1) is 19.7.